The summed E-state index contributed by atoms with van der Waals surface area (Å²) in [6.07, 6.45) is 0.206. The van der Waals surface area contributed by atoms with Gasteiger partial charge in [-0.15, -0.1) is 0 Å². The van der Waals surface area contributed by atoms with Crippen LogP contribution in [0.1, 0.15) is 6.42 Å². The van der Waals surface area contributed by atoms with E-state index >= 15 is 0 Å². The van der Waals surface area contributed by atoms with E-state index in [2.05, 4.69) is 4.90 Å². The Morgan fingerprint density at radius 1 is 1.07 bits per heavy atom. The van der Waals surface area contributed by atoms with Crippen molar-refractivity contribution in [2.24, 2.45) is 0 Å². The Labute approximate surface area is 165 Å². The monoisotopic (exact) mass is 403 g/mol. The van der Waals surface area contributed by atoms with Crippen LogP contribution in [0.5, 0.6) is 0 Å². The van der Waals surface area contributed by atoms with Crippen LogP contribution < -0.4 is 10.7 Å². The molecule has 0 radical (unpaired) electrons. The number of carbonyl (C=O) groups is 1. The summed E-state index contributed by atoms with van der Waals surface area (Å²) in [6.45, 7) is 2.78. The van der Waals surface area contributed by atoms with Gasteiger partial charge in [0.2, 0.25) is 5.91 Å². The molecule has 28 heavy (non-hydrogen) atoms. The van der Waals surface area contributed by atoms with Crippen LogP contribution in [0, 0.1) is 5.82 Å². The number of anilines is 1. The van der Waals surface area contributed by atoms with Crippen molar-refractivity contribution in [1.82, 2.24) is 9.47 Å². The van der Waals surface area contributed by atoms with Crippen LogP contribution in [0.4, 0.5) is 10.1 Å². The number of fused-ring (bicyclic) bond motifs is 1. The van der Waals surface area contributed by atoms with Gasteiger partial charge >= 0.3 is 5.76 Å². The molecular formula is C20H19ClFN3O3. The highest BCUT2D eigenvalue weighted by molar-refractivity contribution is 6.31. The van der Waals surface area contributed by atoms with E-state index in [4.69, 9.17) is 16.0 Å². The Bertz CT molecular complexity index is 1050. The van der Waals surface area contributed by atoms with Gasteiger partial charge < -0.3 is 14.2 Å². The smallest absolute Gasteiger partial charge is 0.408 e. The van der Waals surface area contributed by atoms with Crippen molar-refractivity contribution < 1.29 is 13.6 Å². The van der Waals surface area contributed by atoms with E-state index in [1.165, 1.54) is 16.7 Å². The second-order valence-corrected chi connectivity index (χ2v) is 7.16. The summed E-state index contributed by atoms with van der Waals surface area (Å²) in [6, 6.07) is 11.3. The van der Waals surface area contributed by atoms with Crippen molar-refractivity contribution >= 4 is 34.3 Å². The topological polar surface area (TPSA) is 58.7 Å². The Hall–Kier alpha value is -2.80. The summed E-state index contributed by atoms with van der Waals surface area (Å²) < 4.78 is 19.7. The van der Waals surface area contributed by atoms with Crippen molar-refractivity contribution in [2.45, 2.75) is 13.0 Å². The van der Waals surface area contributed by atoms with Crippen LogP contribution in [0.3, 0.4) is 0 Å². The van der Waals surface area contributed by atoms with E-state index in [-0.39, 0.29) is 24.7 Å². The number of aromatic nitrogens is 1. The molecule has 2 aromatic carbocycles. The third-order valence-corrected chi connectivity index (χ3v) is 5.24. The van der Waals surface area contributed by atoms with Gasteiger partial charge in [-0.05, 0) is 42.5 Å². The Morgan fingerprint density at radius 2 is 1.79 bits per heavy atom. The van der Waals surface area contributed by atoms with E-state index in [1.807, 2.05) is 0 Å². The molecule has 0 spiro atoms. The zero-order valence-electron chi connectivity index (χ0n) is 15.1. The van der Waals surface area contributed by atoms with E-state index in [0.29, 0.717) is 42.3 Å². The summed E-state index contributed by atoms with van der Waals surface area (Å²) >= 11 is 6.00. The standard InChI is InChI=1S/C20H19ClFN3O3/c21-14-1-6-18-17(13-14)25(20(27)28-18)8-7-19(26)24-11-9-23(10-12-24)16-4-2-15(22)3-5-16/h1-6,13H,7-12H2. The molecule has 3 aromatic rings. The van der Waals surface area contributed by atoms with E-state index in [9.17, 15) is 14.0 Å². The van der Waals surface area contributed by atoms with Crippen molar-refractivity contribution in [1.29, 1.82) is 0 Å². The number of piperazine rings is 1. The lowest BCUT2D eigenvalue weighted by Crippen LogP contribution is -2.49. The largest absolute Gasteiger partial charge is 0.419 e. The predicted molar refractivity (Wildman–Crippen MR) is 105 cm³/mol. The van der Waals surface area contributed by atoms with Gasteiger partial charge in [0, 0.05) is 49.9 Å². The number of benzene rings is 2. The first-order chi connectivity index (χ1) is 13.5. The normalized spacial score (nSPS) is 14.6. The minimum atomic E-state index is -0.494. The third kappa shape index (κ3) is 3.75. The molecule has 2 heterocycles. The molecule has 1 aliphatic heterocycles. The second kappa shape index (κ2) is 7.67. The second-order valence-electron chi connectivity index (χ2n) is 6.73. The number of hydrogen-bond donors (Lipinski definition) is 0. The molecule has 0 bridgehead atoms. The Morgan fingerprint density at radius 3 is 2.50 bits per heavy atom. The number of nitrogens with zero attached hydrogens (tertiary/aromatic N) is 3. The first kappa shape index (κ1) is 18.6. The fourth-order valence-electron chi connectivity index (χ4n) is 3.48. The number of oxazole rings is 1. The SMILES string of the molecule is O=C(CCn1c(=O)oc2ccc(Cl)cc21)N1CCN(c2ccc(F)cc2)CC1. The minimum absolute atomic E-state index is 0.0120. The molecule has 146 valence electrons. The average molecular weight is 404 g/mol. The fourth-order valence-corrected chi connectivity index (χ4v) is 3.64. The molecule has 1 aliphatic rings. The maximum absolute atomic E-state index is 13.1. The first-order valence-electron chi connectivity index (χ1n) is 9.08. The van der Waals surface area contributed by atoms with Crippen LogP contribution >= 0.6 is 11.6 Å². The van der Waals surface area contributed by atoms with E-state index in [1.54, 1.807) is 35.2 Å². The number of amides is 1. The van der Waals surface area contributed by atoms with Crippen molar-refractivity contribution in [3.8, 4) is 0 Å². The lowest BCUT2D eigenvalue weighted by molar-refractivity contribution is -0.131. The first-order valence-corrected chi connectivity index (χ1v) is 9.46. The van der Waals surface area contributed by atoms with Crippen LogP contribution in [0.2, 0.25) is 5.02 Å². The van der Waals surface area contributed by atoms with Gasteiger partial charge in [-0.3, -0.25) is 9.36 Å². The minimum Gasteiger partial charge on any atom is -0.408 e. The molecule has 6 nitrogen and oxygen atoms in total. The molecule has 1 aromatic heterocycles. The van der Waals surface area contributed by atoms with Gasteiger partial charge in [0.05, 0.1) is 5.52 Å². The molecular weight excluding hydrogens is 385 g/mol. The molecule has 1 amide bonds. The molecule has 0 saturated carbocycles. The Balaban J connectivity index is 1.36. The van der Waals surface area contributed by atoms with Gasteiger partial charge in [-0.25, -0.2) is 9.18 Å². The van der Waals surface area contributed by atoms with Gasteiger partial charge in [0.25, 0.3) is 0 Å². The van der Waals surface area contributed by atoms with Gasteiger partial charge in [-0.2, -0.15) is 0 Å². The van der Waals surface area contributed by atoms with E-state index in [0.717, 1.165) is 5.69 Å². The molecule has 8 heteroatoms. The maximum Gasteiger partial charge on any atom is 0.419 e. The number of aryl methyl sites for hydroxylation is 1. The van der Waals surface area contributed by atoms with E-state index < -0.39 is 5.76 Å². The zero-order valence-corrected chi connectivity index (χ0v) is 15.9. The highest BCUT2D eigenvalue weighted by atomic mass is 35.5. The molecule has 1 saturated heterocycles. The molecule has 0 atom stereocenters. The number of hydrogen-bond acceptors (Lipinski definition) is 4. The van der Waals surface area contributed by atoms with Gasteiger partial charge in [0.15, 0.2) is 5.58 Å². The number of rotatable bonds is 4. The summed E-state index contributed by atoms with van der Waals surface area (Å²) in [5.41, 5.74) is 1.99. The number of halogens is 2. The fraction of sp³-hybridized carbons (Fsp3) is 0.300. The summed E-state index contributed by atoms with van der Waals surface area (Å²) in [7, 11) is 0. The lowest BCUT2D eigenvalue weighted by Gasteiger charge is -2.36. The molecule has 0 aliphatic carbocycles. The van der Waals surface area contributed by atoms with Crippen molar-refractivity contribution in [3.63, 3.8) is 0 Å². The molecule has 4 rings (SSSR count). The molecule has 1 fully saturated rings. The number of carbonyl (C=O) groups excluding carboxylic acids is 1. The zero-order chi connectivity index (χ0) is 19.7. The Kier molecular flexibility index (Phi) is 5.09. The van der Waals surface area contributed by atoms with Gasteiger partial charge in [-0.1, -0.05) is 11.6 Å². The lowest BCUT2D eigenvalue weighted by atomic mass is 10.2. The highest BCUT2D eigenvalue weighted by Gasteiger charge is 2.22. The molecule has 0 N–H and O–H groups in total. The molecule has 0 unspecified atom stereocenters. The summed E-state index contributed by atoms with van der Waals surface area (Å²) in [5, 5.41) is 0.505. The van der Waals surface area contributed by atoms with Crippen molar-refractivity contribution in [3.05, 3.63) is 63.9 Å². The maximum atomic E-state index is 13.1. The van der Waals surface area contributed by atoms with Gasteiger partial charge in [0.1, 0.15) is 5.82 Å². The summed E-state index contributed by atoms with van der Waals surface area (Å²) in [5.74, 6) is -0.769. The quantitative estimate of drug-likeness (QED) is 0.671. The van der Waals surface area contributed by atoms with Crippen LogP contribution in [0.25, 0.3) is 11.1 Å². The van der Waals surface area contributed by atoms with Crippen LogP contribution in [-0.4, -0.2) is 41.6 Å². The predicted octanol–water partition coefficient (Wildman–Crippen LogP) is 3.13. The highest BCUT2D eigenvalue weighted by Crippen LogP contribution is 2.20. The van der Waals surface area contributed by atoms with Crippen LogP contribution in [0.15, 0.2) is 51.7 Å². The van der Waals surface area contributed by atoms with Crippen LogP contribution in [-0.2, 0) is 11.3 Å². The third-order valence-electron chi connectivity index (χ3n) is 5.00. The van der Waals surface area contributed by atoms with Crippen molar-refractivity contribution in [2.75, 3.05) is 31.1 Å². The average Bonchev–Trinajstić information content (AvgIpc) is 3.01. The summed E-state index contributed by atoms with van der Waals surface area (Å²) in [4.78, 5) is 28.6.